The number of rotatable bonds is 7. The van der Waals surface area contributed by atoms with Crippen molar-refractivity contribution in [2.45, 2.75) is 26.3 Å². The molecule has 5 rings (SSSR count). The minimum absolute atomic E-state index is 0.0231. The minimum Gasteiger partial charge on any atom is -0.507 e. The number of aliphatic hydroxyl groups is 1. The van der Waals surface area contributed by atoms with E-state index in [0.29, 0.717) is 41.5 Å². The molecule has 1 unspecified atom stereocenters. The topological polar surface area (TPSA) is 115 Å². The van der Waals surface area contributed by atoms with Crippen LogP contribution >= 0.6 is 11.3 Å². The van der Waals surface area contributed by atoms with Gasteiger partial charge in [0.05, 0.1) is 17.3 Å². The summed E-state index contributed by atoms with van der Waals surface area (Å²) in [5, 5.41) is 11.6. The number of carbonyl (C=O) groups excluding carboxylic acids is 3. The lowest BCUT2D eigenvalue weighted by molar-refractivity contribution is -0.132. The second kappa shape index (κ2) is 10.7. The van der Waals surface area contributed by atoms with Crippen LogP contribution in [0.25, 0.3) is 5.76 Å². The first kappa shape index (κ1) is 26.2. The first-order valence-corrected chi connectivity index (χ1v) is 13.2. The largest absolute Gasteiger partial charge is 0.507 e. The average Bonchev–Trinajstić information content (AvgIpc) is 3.47. The molecule has 0 saturated carbocycles. The number of carbonyl (C=O) groups is 3. The number of thiazole rings is 1. The van der Waals surface area contributed by atoms with Crippen molar-refractivity contribution in [1.29, 1.82) is 0 Å². The van der Waals surface area contributed by atoms with E-state index >= 15 is 0 Å². The number of aliphatic hydroxyl groups excluding tert-OH is 1. The van der Waals surface area contributed by atoms with Gasteiger partial charge in [-0.15, -0.1) is 0 Å². The summed E-state index contributed by atoms with van der Waals surface area (Å²) in [6.45, 7) is 7.98. The van der Waals surface area contributed by atoms with E-state index in [2.05, 4.69) is 11.6 Å². The molecule has 10 heteroatoms. The van der Waals surface area contributed by atoms with E-state index in [1.165, 1.54) is 11.0 Å². The molecule has 1 atom stereocenters. The van der Waals surface area contributed by atoms with Gasteiger partial charge in [-0.3, -0.25) is 14.5 Å². The summed E-state index contributed by atoms with van der Waals surface area (Å²) >= 11 is 0.948. The van der Waals surface area contributed by atoms with Gasteiger partial charge < -0.3 is 19.3 Å². The number of aromatic nitrogens is 1. The van der Waals surface area contributed by atoms with Crippen LogP contribution in [0.5, 0.6) is 11.5 Å². The zero-order valence-electron chi connectivity index (χ0n) is 21.4. The summed E-state index contributed by atoms with van der Waals surface area (Å²) in [4.78, 5) is 45.4. The predicted molar refractivity (Wildman–Crippen MR) is 145 cm³/mol. The molecular weight excluding hydrogens is 520 g/mol. The van der Waals surface area contributed by atoms with Crippen molar-refractivity contribution in [3.8, 4) is 11.5 Å². The maximum atomic E-state index is 13.5. The Morgan fingerprint density at radius 3 is 2.59 bits per heavy atom. The number of hydrogen-bond donors (Lipinski definition) is 1. The van der Waals surface area contributed by atoms with E-state index in [9.17, 15) is 19.5 Å². The first-order valence-electron chi connectivity index (χ1n) is 12.4. The lowest BCUT2D eigenvalue weighted by Gasteiger charge is -2.23. The summed E-state index contributed by atoms with van der Waals surface area (Å²) in [7, 11) is 0. The monoisotopic (exact) mass is 546 g/mol. The third-order valence-corrected chi connectivity index (χ3v) is 7.61. The van der Waals surface area contributed by atoms with Crippen molar-refractivity contribution in [3.05, 3.63) is 88.0 Å². The van der Waals surface area contributed by atoms with Crippen LogP contribution in [0, 0.1) is 6.92 Å². The standard InChI is InChI=1S/C29H26N2O7S/c1-4-12-38-28(35)26-16(3)30-29(39-26)31-23(18-8-6-17(5-2)7-9-18)22(25(33)27(31)34)24(32)19-10-11-20-21(15-19)37-14-13-36-20/h4,6-11,15,23,32H,1,5,12-14H2,2-3H3. The number of hydrogen-bond acceptors (Lipinski definition) is 9. The van der Waals surface area contributed by atoms with Gasteiger partial charge in [0.2, 0.25) is 0 Å². The number of aryl methyl sites for hydroxylation is 2. The Kier molecular flexibility index (Phi) is 7.21. The van der Waals surface area contributed by atoms with Crippen LogP contribution in [-0.4, -0.2) is 47.6 Å². The summed E-state index contributed by atoms with van der Waals surface area (Å²) in [6, 6.07) is 11.3. The lowest BCUT2D eigenvalue weighted by Crippen LogP contribution is -2.29. The van der Waals surface area contributed by atoms with Crippen molar-refractivity contribution < 1.29 is 33.7 Å². The lowest BCUT2D eigenvalue weighted by atomic mass is 9.94. The number of anilines is 1. The quantitative estimate of drug-likeness (QED) is 0.148. The molecular formula is C29H26N2O7S. The van der Waals surface area contributed by atoms with Gasteiger partial charge in [0, 0.05) is 5.56 Å². The number of ether oxygens (including phenoxy) is 3. The van der Waals surface area contributed by atoms with Crippen molar-refractivity contribution >= 4 is 39.9 Å². The molecule has 0 aliphatic carbocycles. The molecule has 1 saturated heterocycles. The second-order valence-electron chi connectivity index (χ2n) is 8.92. The zero-order chi connectivity index (χ0) is 27.7. The molecule has 39 heavy (non-hydrogen) atoms. The molecule has 1 amide bonds. The Hall–Kier alpha value is -4.44. The highest BCUT2D eigenvalue weighted by Crippen LogP contribution is 2.44. The first-order chi connectivity index (χ1) is 18.8. The van der Waals surface area contributed by atoms with Crippen LogP contribution in [0.1, 0.15) is 45.0 Å². The van der Waals surface area contributed by atoms with Crippen molar-refractivity contribution in [1.82, 2.24) is 4.98 Å². The highest BCUT2D eigenvalue weighted by atomic mass is 32.1. The molecule has 2 aromatic carbocycles. The van der Waals surface area contributed by atoms with Crippen LogP contribution in [0.3, 0.4) is 0 Å². The molecule has 9 nitrogen and oxygen atoms in total. The molecule has 1 fully saturated rings. The fourth-order valence-electron chi connectivity index (χ4n) is 4.50. The summed E-state index contributed by atoms with van der Waals surface area (Å²) in [5.41, 5.74) is 2.24. The Morgan fingerprint density at radius 2 is 1.90 bits per heavy atom. The molecule has 1 N–H and O–H groups in total. The fourth-order valence-corrected chi connectivity index (χ4v) is 5.49. The summed E-state index contributed by atoms with van der Waals surface area (Å²) in [6.07, 6.45) is 2.26. The number of nitrogens with zero attached hydrogens (tertiary/aromatic N) is 2. The number of benzene rings is 2. The van der Waals surface area contributed by atoms with E-state index < -0.39 is 23.7 Å². The van der Waals surface area contributed by atoms with Gasteiger partial charge in [0.25, 0.3) is 5.78 Å². The Balaban J connectivity index is 1.64. The highest BCUT2D eigenvalue weighted by molar-refractivity contribution is 7.17. The molecule has 1 aromatic heterocycles. The average molecular weight is 547 g/mol. The third-order valence-electron chi connectivity index (χ3n) is 6.47. The van der Waals surface area contributed by atoms with Crippen LogP contribution < -0.4 is 14.4 Å². The fraction of sp³-hybridized carbons (Fsp3) is 0.241. The van der Waals surface area contributed by atoms with Gasteiger partial charge in [0.15, 0.2) is 16.6 Å². The van der Waals surface area contributed by atoms with Crippen LogP contribution in [0.4, 0.5) is 5.13 Å². The smallest absolute Gasteiger partial charge is 0.350 e. The van der Waals surface area contributed by atoms with Gasteiger partial charge in [-0.1, -0.05) is 55.2 Å². The number of fused-ring (bicyclic) bond motifs is 1. The van der Waals surface area contributed by atoms with E-state index in [-0.39, 0.29) is 27.9 Å². The van der Waals surface area contributed by atoms with Gasteiger partial charge in [0.1, 0.15) is 30.5 Å². The van der Waals surface area contributed by atoms with Crippen LogP contribution in [-0.2, 0) is 20.7 Å². The molecule has 0 radical (unpaired) electrons. The zero-order valence-corrected chi connectivity index (χ0v) is 22.2. The third kappa shape index (κ3) is 4.79. The molecule has 3 heterocycles. The molecule has 0 spiro atoms. The Bertz CT molecular complexity index is 1510. The molecule has 2 aliphatic heterocycles. The second-order valence-corrected chi connectivity index (χ2v) is 9.90. The maximum absolute atomic E-state index is 13.5. The summed E-state index contributed by atoms with van der Waals surface area (Å²) in [5.74, 6) is -1.72. The predicted octanol–water partition coefficient (Wildman–Crippen LogP) is 4.75. The molecule has 3 aromatic rings. The van der Waals surface area contributed by atoms with Crippen molar-refractivity contribution in [2.24, 2.45) is 0 Å². The Morgan fingerprint density at radius 1 is 1.18 bits per heavy atom. The van der Waals surface area contributed by atoms with Crippen molar-refractivity contribution in [3.63, 3.8) is 0 Å². The number of ketones is 1. The number of esters is 1. The molecule has 2 aliphatic rings. The maximum Gasteiger partial charge on any atom is 0.350 e. The normalized spacial score (nSPS) is 17.8. The van der Waals surface area contributed by atoms with E-state index in [1.807, 2.05) is 31.2 Å². The van der Waals surface area contributed by atoms with E-state index in [0.717, 1.165) is 23.3 Å². The molecule has 200 valence electrons. The van der Waals surface area contributed by atoms with Gasteiger partial charge in [-0.25, -0.2) is 9.78 Å². The SMILES string of the molecule is C=CCOC(=O)c1sc(N2C(=O)C(=O)C(=C(O)c3ccc4c(c3)OCCO4)C2c2ccc(CC)cc2)nc1C. The number of Topliss-reactive ketones (excluding diaryl/α,β-unsaturated/α-hetero) is 1. The van der Waals surface area contributed by atoms with E-state index in [4.69, 9.17) is 14.2 Å². The Labute approximate surface area is 229 Å². The molecule has 0 bridgehead atoms. The van der Waals surface area contributed by atoms with Gasteiger partial charge in [-0.05, 0) is 42.7 Å². The summed E-state index contributed by atoms with van der Waals surface area (Å²) < 4.78 is 16.4. The van der Waals surface area contributed by atoms with Gasteiger partial charge in [-0.2, -0.15) is 0 Å². The van der Waals surface area contributed by atoms with Gasteiger partial charge >= 0.3 is 11.9 Å². The van der Waals surface area contributed by atoms with Crippen LogP contribution in [0.15, 0.2) is 60.7 Å². The highest BCUT2D eigenvalue weighted by Gasteiger charge is 2.48. The van der Waals surface area contributed by atoms with Crippen LogP contribution in [0.2, 0.25) is 0 Å². The minimum atomic E-state index is -0.980. The number of amides is 1. The van der Waals surface area contributed by atoms with E-state index in [1.54, 1.807) is 25.1 Å². The van der Waals surface area contributed by atoms with Crippen molar-refractivity contribution in [2.75, 3.05) is 24.7 Å².